The van der Waals surface area contributed by atoms with Gasteiger partial charge in [0.1, 0.15) is 12.1 Å². The van der Waals surface area contributed by atoms with Gasteiger partial charge in [0.05, 0.1) is 17.3 Å². The number of ether oxygens (including phenoxy) is 1. The van der Waals surface area contributed by atoms with Crippen molar-refractivity contribution in [2.24, 2.45) is 0 Å². The SMILES string of the molecule is Nc1ccccc1OCCCSc1ccncn1. The van der Waals surface area contributed by atoms with Crippen LogP contribution in [-0.4, -0.2) is 22.3 Å². The van der Waals surface area contributed by atoms with Gasteiger partial charge in [-0.05, 0) is 24.6 Å². The summed E-state index contributed by atoms with van der Waals surface area (Å²) in [5.74, 6) is 1.72. The Morgan fingerprint density at radius 1 is 1.22 bits per heavy atom. The predicted molar refractivity (Wildman–Crippen MR) is 73.7 cm³/mol. The number of rotatable bonds is 6. The summed E-state index contributed by atoms with van der Waals surface area (Å²) in [7, 11) is 0. The molecule has 1 aromatic heterocycles. The summed E-state index contributed by atoms with van der Waals surface area (Å²) >= 11 is 1.70. The Bertz CT molecular complexity index is 479. The number of aromatic nitrogens is 2. The highest BCUT2D eigenvalue weighted by Gasteiger charge is 1.99. The third kappa shape index (κ3) is 3.92. The number of para-hydroxylation sites is 2. The van der Waals surface area contributed by atoms with E-state index in [2.05, 4.69) is 9.97 Å². The Hall–Kier alpha value is -1.75. The molecule has 0 bridgehead atoms. The molecule has 1 heterocycles. The number of nitrogen functional groups attached to an aromatic ring is 1. The first-order chi connectivity index (χ1) is 8.86. The first-order valence-electron chi connectivity index (χ1n) is 5.72. The Labute approximate surface area is 111 Å². The Morgan fingerprint density at radius 3 is 2.89 bits per heavy atom. The summed E-state index contributed by atoms with van der Waals surface area (Å²) in [5.41, 5.74) is 6.46. The summed E-state index contributed by atoms with van der Waals surface area (Å²) in [6.45, 7) is 0.659. The minimum absolute atomic E-state index is 0.659. The van der Waals surface area contributed by atoms with Crippen LogP contribution in [0.15, 0.2) is 47.9 Å². The summed E-state index contributed by atoms with van der Waals surface area (Å²) < 4.78 is 5.60. The highest BCUT2D eigenvalue weighted by Crippen LogP contribution is 2.20. The number of nitrogens with zero attached hydrogens (tertiary/aromatic N) is 2. The molecule has 0 amide bonds. The molecule has 4 nitrogen and oxygen atoms in total. The van der Waals surface area contributed by atoms with Gasteiger partial charge >= 0.3 is 0 Å². The van der Waals surface area contributed by atoms with Gasteiger partial charge in [-0.2, -0.15) is 0 Å². The van der Waals surface area contributed by atoms with Crippen LogP contribution in [-0.2, 0) is 0 Å². The van der Waals surface area contributed by atoms with Gasteiger partial charge in [-0.15, -0.1) is 11.8 Å². The van der Waals surface area contributed by atoms with Gasteiger partial charge in [0.15, 0.2) is 0 Å². The molecule has 0 fully saturated rings. The molecule has 0 atom stereocenters. The number of thioether (sulfide) groups is 1. The van der Waals surface area contributed by atoms with Crippen LogP contribution < -0.4 is 10.5 Å². The third-order valence-corrected chi connectivity index (χ3v) is 3.30. The molecular formula is C13H15N3OS. The molecule has 0 radical (unpaired) electrons. The maximum absolute atomic E-state index is 5.78. The molecule has 18 heavy (non-hydrogen) atoms. The molecule has 0 unspecified atom stereocenters. The molecule has 5 heteroatoms. The van der Waals surface area contributed by atoms with Crippen LogP contribution in [0.4, 0.5) is 5.69 Å². The van der Waals surface area contributed by atoms with Crippen molar-refractivity contribution in [2.45, 2.75) is 11.4 Å². The van der Waals surface area contributed by atoms with Crippen molar-refractivity contribution in [2.75, 3.05) is 18.1 Å². The zero-order valence-corrected chi connectivity index (χ0v) is 10.8. The highest BCUT2D eigenvalue weighted by molar-refractivity contribution is 7.99. The van der Waals surface area contributed by atoms with Gasteiger partial charge in [0, 0.05) is 11.9 Å². The van der Waals surface area contributed by atoms with Crippen molar-refractivity contribution in [1.29, 1.82) is 0 Å². The number of hydrogen-bond acceptors (Lipinski definition) is 5. The van der Waals surface area contributed by atoms with E-state index in [1.165, 1.54) is 0 Å². The summed E-state index contributed by atoms with van der Waals surface area (Å²) in [6, 6.07) is 9.44. The van der Waals surface area contributed by atoms with Gasteiger partial charge in [-0.25, -0.2) is 9.97 Å². The van der Waals surface area contributed by atoms with E-state index in [4.69, 9.17) is 10.5 Å². The van der Waals surface area contributed by atoms with Gasteiger partial charge in [-0.1, -0.05) is 12.1 Å². The minimum Gasteiger partial charge on any atom is -0.491 e. The standard InChI is InChI=1S/C13H15N3OS/c14-11-4-1-2-5-12(11)17-8-3-9-18-13-6-7-15-10-16-13/h1-2,4-7,10H,3,8-9,14H2. The van der Waals surface area contributed by atoms with E-state index in [1.807, 2.05) is 30.3 Å². The van der Waals surface area contributed by atoms with Crippen molar-refractivity contribution in [1.82, 2.24) is 9.97 Å². The molecule has 1 aromatic carbocycles. The first kappa shape index (κ1) is 12.7. The molecule has 0 saturated carbocycles. The van der Waals surface area contributed by atoms with Crippen LogP contribution in [0.3, 0.4) is 0 Å². The summed E-state index contributed by atoms with van der Waals surface area (Å²) in [6.07, 6.45) is 4.25. The minimum atomic E-state index is 0.659. The second kappa shape index (κ2) is 6.86. The lowest BCUT2D eigenvalue weighted by Crippen LogP contribution is -2.01. The second-order valence-electron chi connectivity index (χ2n) is 3.64. The topological polar surface area (TPSA) is 61.0 Å². The van der Waals surface area contributed by atoms with E-state index >= 15 is 0 Å². The van der Waals surface area contributed by atoms with Crippen molar-refractivity contribution in [3.63, 3.8) is 0 Å². The zero-order chi connectivity index (χ0) is 12.6. The maximum atomic E-state index is 5.78. The van der Waals surface area contributed by atoms with E-state index in [1.54, 1.807) is 24.3 Å². The van der Waals surface area contributed by atoms with Crippen LogP contribution in [0, 0.1) is 0 Å². The van der Waals surface area contributed by atoms with Gasteiger partial charge in [0.25, 0.3) is 0 Å². The molecule has 0 saturated heterocycles. The Morgan fingerprint density at radius 2 is 2.11 bits per heavy atom. The molecule has 0 aliphatic rings. The Kier molecular flexibility index (Phi) is 4.84. The molecule has 0 spiro atoms. The van der Waals surface area contributed by atoms with E-state index in [0.29, 0.717) is 12.3 Å². The van der Waals surface area contributed by atoms with Crippen LogP contribution >= 0.6 is 11.8 Å². The zero-order valence-electron chi connectivity index (χ0n) is 9.95. The fourth-order valence-corrected chi connectivity index (χ4v) is 2.14. The van der Waals surface area contributed by atoms with Crippen molar-refractivity contribution in [3.8, 4) is 5.75 Å². The lowest BCUT2D eigenvalue weighted by molar-refractivity contribution is 0.320. The predicted octanol–water partition coefficient (Wildman–Crippen LogP) is 2.62. The number of hydrogen-bond donors (Lipinski definition) is 1. The molecule has 2 rings (SSSR count). The molecule has 2 aromatic rings. The van der Waals surface area contributed by atoms with Crippen molar-refractivity contribution in [3.05, 3.63) is 42.9 Å². The van der Waals surface area contributed by atoms with Gasteiger partial charge in [0.2, 0.25) is 0 Å². The average molecular weight is 261 g/mol. The van der Waals surface area contributed by atoms with E-state index < -0.39 is 0 Å². The molecule has 2 N–H and O–H groups in total. The smallest absolute Gasteiger partial charge is 0.142 e. The first-order valence-corrected chi connectivity index (χ1v) is 6.71. The van der Waals surface area contributed by atoms with Crippen LogP contribution in [0.1, 0.15) is 6.42 Å². The second-order valence-corrected chi connectivity index (χ2v) is 4.75. The summed E-state index contributed by atoms with van der Waals surface area (Å²) in [5, 5.41) is 0.990. The van der Waals surface area contributed by atoms with Gasteiger partial charge < -0.3 is 10.5 Å². The van der Waals surface area contributed by atoms with Crippen LogP contribution in [0.25, 0.3) is 0 Å². The van der Waals surface area contributed by atoms with E-state index in [-0.39, 0.29) is 0 Å². The molecule has 94 valence electrons. The van der Waals surface area contributed by atoms with E-state index in [9.17, 15) is 0 Å². The largest absolute Gasteiger partial charge is 0.491 e. The number of nitrogens with two attached hydrogens (primary N) is 1. The lowest BCUT2D eigenvalue weighted by atomic mass is 10.3. The Balaban J connectivity index is 1.66. The molecule has 0 aliphatic heterocycles. The quantitative estimate of drug-likeness (QED) is 0.375. The third-order valence-electron chi connectivity index (χ3n) is 2.27. The number of benzene rings is 1. The molecule has 0 aliphatic carbocycles. The van der Waals surface area contributed by atoms with Crippen LogP contribution in [0.2, 0.25) is 0 Å². The monoisotopic (exact) mass is 261 g/mol. The van der Waals surface area contributed by atoms with Gasteiger partial charge in [-0.3, -0.25) is 0 Å². The summed E-state index contributed by atoms with van der Waals surface area (Å²) in [4.78, 5) is 8.02. The van der Waals surface area contributed by atoms with Crippen LogP contribution in [0.5, 0.6) is 5.75 Å². The average Bonchev–Trinajstić information content (AvgIpc) is 2.42. The fraction of sp³-hybridized carbons (Fsp3) is 0.231. The fourth-order valence-electron chi connectivity index (χ4n) is 1.39. The highest BCUT2D eigenvalue weighted by atomic mass is 32.2. The molecular weight excluding hydrogens is 246 g/mol. The maximum Gasteiger partial charge on any atom is 0.142 e. The van der Waals surface area contributed by atoms with Crippen molar-refractivity contribution >= 4 is 17.4 Å². The normalized spacial score (nSPS) is 10.2. The lowest BCUT2D eigenvalue weighted by Gasteiger charge is -2.07. The number of anilines is 1. The van der Waals surface area contributed by atoms with Crippen molar-refractivity contribution < 1.29 is 4.74 Å². The van der Waals surface area contributed by atoms with E-state index in [0.717, 1.165) is 22.9 Å².